The molecule has 0 spiro atoms. The molecule has 0 unspecified atom stereocenters. The molecule has 2 nitrogen and oxygen atoms in total. The van der Waals surface area contributed by atoms with Gasteiger partial charge in [-0.3, -0.25) is 0 Å². The summed E-state index contributed by atoms with van der Waals surface area (Å²) in [5, 5.41) is 0. The van der Waals surface area contributed by atoms with Crippen LogP contribution < -0.4 is 10.5 Å². The summed E-state index contributed by atoms with van der Waals surface area (Å²) in [7, 11) is 0. The Balaban J connectivity index is 2.45. The van der Waals surface area contributed by atoms with E-state index in [0.717, 1.165) is 30.8 Å². The van der Waals surface area contributed by atoms with Gasteiger partial charge in [-0.1, -0.05) is 37.7 Å². The van der Waals surface area contributed by atoms with Gasteiger partial charge in [-0.15, -0.1) is 0 Å². The fraction of sp³-hybridized carbons (Fsp3) is 0.417. The SMILES string of the molecule is CCCCOc1ccc(CC(N)=S)cc1. The van der Waals surface area contributed by atoms with E-state index in [9.17, 15) is 0 Å². The van der Waals surface area contributed by atoms with Crippen LogP contribution in [-0.2, 0) is 6.42 Å². The number of thiocarbonyl (C=S) groups is 1. The van der Waals surface area contributed by atoms with Crippen LogP contribution in [0.1, 0.15) is 25.3 Å². The fourth-order valence-electron chi connectivity index (χ4n) is 1.24. The molecule has 1 aromatic rings. The Bertz CT molecular complexity index is 308. The highest BCUT2D eigenvalue weighted by Gasteiger charge is 1.96. The molecule has 0 aromatic heterocycles. The van der Waals surface area contributed by atoms with E-state index >= 15 is 0 Å². The monoisotopic (exact) mass is 223 g/mol. The summed E-state index contributed by atoms with van der Waals surface area (Å²) in [4.78, 5) is 0.523. The van der Waals surface area contributed by atoms with Crippen LogP contribution in [0.25, 0.3) is 0 Å². The third-order valence-corrected chi connectivity index (χ3v) is 2.21. The zero-order valence-electron chi connectivity index (χ0n) is 9.03. The van der Waals surface area contributed by atoms with Crippen molar-refractivity contribution in [1.82, 2.24) is 0 Å². The summed E-state index contributed by atoms with van der Waals surface area (Å²) in [5.74, 6) is 0.912. The first kappa shape index (κ1) is 12.0. The van der Waals surface area contributed by atoms with Gasteiger partial charge in [0.15, 0.2) is 0 Å². The maximum absolute atomic E-state index is 5.54. The topological polar surface area (TPSA) is 35.2 Å². The number of ether oxygens (including phenoxy) is 1. The van der Waals surface area contributed by atoms with Crippen molar-refractivity contribution in [1.29, 1.82) is 0 Å². The number of rotatable bonds is 6. The van der Waals surface area contributed by atoms with E-state index in [0.29, 0.717) is 11.4 Å². The van der Waals surface area contributed by atoms with Crippen LogP contribution in [0.4, 0.5) is 0 Å². The average molecular weight is 223 g/mol. The van der Waals surface area contributed by atoms with Crippen molar-refractivity contribution in [3.05, 3.63) is 29.8 Å². The van der Waals surface area contributed by atoms with Gasteiger partial charge in [0, 0.05) is 6.42 Å². The Morgan fingerprint density at radius 1 is 1.33 bits per heavy atom. The normalized spacial score (nSPS) is 9.93. The molecule has 82 valence electrons. The van der Waals surface area contributed by atoms with Gasteiger partial charge >= 0.3 is 0 Å². The first-order valence-electron chi connectivity index (χ1n) is 5.22. The Morgan fingerprint density at radius 3 is 2.53 bits per heavy atom. The smallest absolute Gasteiger partial charge is 0.119 e. The summed E-state index contributed by atoms with van der Waals surface area (Å²) in [6.45, 7) is 2.93. The lowest BCUT2D eigenvalue weighted by molar-refractivity contribution is 0.309. The maximum atomic E-state index is 5.54. The molecular formula is C12H17NOS. The Morgan fingerprint density at radius 2 is 2.00 bits per heavy atom. The van der Waals surface area contributed by atoms with Crippen molar-refractivity contribution in [3.63, 3.8) is 0 Å². The van der Waals surface area contributed by atoms with E-state index in [1.165, 1.54) is 0 Å². The highest BCUT2D eigenvalue weighted by atomic mass is 32.1. The third kappa shape index (κ3) is 4.79. The van der Waals surface area contributed by atoms with Crippen molar-refractivity contribution >= 4 is 17.2 Å². The number of hydrogen-bond donors (Lipinski definition) is 1. The lowest BCUT2D eigenvalue weighted by atomic mass is 10.1. The van der Waals surface area contributed by atoms with Crippen molar-refractivity contribution in [2.45, 2.75) is 26.2 Å². The van der Waals surface area contributed by atoms with Gasteiger partial charge in [-0.05, 0) is 24.1 Å². The number of nitrogens with two attached hydrogens (primary N) is 1. The van der Waals surface area contributed by atoms with Crippen LogP contribution in [0.5, 0.6) is 5.75 Å². The molecule has 0 fully saturated rings. The molecule has 0 radical (unpaired) electrons. The lowest BCUT2D eigenvalue weighted by Gasteiger charge is -2.06. The molecule has 0 bridgehead atoms. The standard InChI is InChI=1S/C12H17NOS/c1-2-3-8-14-11-6-4-10(5-7-11)9-12(13)15/h4-7H,2-3,8-9H2,1H3,(H2,13,15). The highest BCUT2D eigenvalue weighted by molar-refractivity contribution is 7.80. The van der Waals surface area contributed by atoms with Crippen LogP contribution in [0.15, 0.2) is 24.3 Å². The minimum atomic E-state index is 0.523. The Hall–Kier alpha value is -1.09. The molecule has 1 aromatic carbocycles. The zero-order chi connectivity index (χ0) is 11.1. The van der Waals surface area contributed by atoms with Crippen LogP contribution in [0.3, 0.4) is 0 Å². The summed E-state index contributed by atoms with van der Waals surface area (Å²) in [6, 6.07) is 7.92. The van der Waals surface area contributed by atoms with Crippen LogP contribution in [-0.4, -0.2) is 11.6 Å². The van der Waals surface area contributed by atoms with Gasteiger partial charge in [0.05, 0.1) is 11.6 Å². The minimum Gasteiger partial charge on any atom is -0.494 e. The highest BCUT2D eigenvalue weighted by Crippen LogP contribution is 2.13. The van der Waals surface area contributed by atoms with Crippen molar-refractivity contribution in [3.8, 4) is 5.75 Å². The van der Waals surface area contributed by atoms with Crippen LogP contribution in [0, 0.1) is 0 Å². The Labute approximate surface area is 96.4 Å². The number of unbranched alkanes of at least 4 members (excludes halogenated alkanes) is 1. The molecule has 0 saturated carbocycles. The predicted molar refractivity (Wildman–Crippen MR) is 67.3 cm³/mol. The molecule has 0 saturated heterocycles. The summed E-state index contributed by atoms with van der Waals surface area (Å²) < 4.78 is 5.54. The van der Waals surface area contributed by atoms with Crippen LogP contribution >= 0.6 is 12.2 Å². The largest absolute Gasteiger partial charge is 0.494 e. The second-order valence-corrected chi connectivity index (χ2v) is 4.01. The molecule has 15 heavy (non-hydrogen) atoms. The predicted octanol–water partition coefficient (Wildman–Crippen LogP) is 2.69. The first-order valence-corrected chi connectivity index (χ1v) is 5.63. The molecule has 0 atom stereocenters. The Kier molecular flexibility index (Phi) is 5.12. The summed E-state index contributed by atoms with van der Waals surface area (Å²) in [5.41, 5.74) is 6.59. The number of hydrogen-bond acceptors (Lipinski definition) is 2. The van der Waals surface area contributed by atoms with E-state index in [2.05, 4.69) is 6.92 Å². The molecule has 0 heterocycles. The van der Waals surface area contributed by atoms with Gasteiger partial charge in [-0.25, -0.2) is 0 Å². The van der Waals surface area contributed by atoms with E-state index in [1.807, 2.05) is 24.3 Å². The van der Waals surface area contributed by atoms with Gasteiger partial charge in [-0.2, -0.15) is 0 Å². The molecular weight excluding hydrogens is 206 g/mol. The van der Waals surface area contributed by atoms with Gasteiger partial charge < -0.3 is 10.5 Å². The van der Waals surface area contributed by atoms with Crippen LogP contribution in [0.2, 0.25) is 0 Å². The first-order chi connectivity index (χ1) is 7.22. The van der Waals surface area contributed by atoms with Crippen molar-refractivity contribution < 1.29 is 4.74 Å². The molecule has 0 aliphatic carbocycles. The molecule has 2 N–H and O–H groups in total. The lowest BCUT2D eigenvalue weighted by Crippen LogP contribution is -2.10. The fourth-order valence-corrected chi connectivity index (χ4v) is 1.41. The summed E-state index contributed by atoms with van der Waals surface area (Å²) >= 11 is 4.84. The second-order valence-electron chi connectivity index (χ2n) is 3.49. The van der Waals surface area contributed by atoms with Gasteiger partial charge in [0.2, 0.25) is 0 Å². The average Bonchev–Trinajstić information content (AvgIpc) is 2.20. The minimum absolute atomic E-state index is 0.523. The third-order valence-electron chi connectivity index (χ3n) is 2.07. The van der Waals surface area contributed by atoms with Gasteiger partial charge in [0.25, 0.3) is 0 Å². The molecule has 1 rings (SSSR count). The van der Waals surface area contributed by atoms with E-state index in [1.54, 1.807) is 0 Å². The van der Waals surface area contributed by atoms with Crippen molar-refractivity contribution in [2.24, 2.45) is 5.73 Å². The molecule has 0 aliphatic heterocycles. The molecule has 0 aliphatic rings. The van der Waals surface area contributed by atoms with Crippen molar-refractivity contribution in [2.75, 3.05) is 6.61 Å². The van der Waals surface area contributed by atoms with E-state index < -0.39 is 0 Å². The van der Waals surface area contributed by atoms with E-state index in [-0.39, 0.29) is 0 Å². The maximum Gasteiger partial charge on any atom is 0.119 e. The van der Waals surface area contributed by atoms with Gasteiger partial charge in [0.1, 0.15) is 5.75 Å². The second kappa shape index (κ2) is 6.40. The summed E-state index contributed by atoms with van der Waals surface area (Å²) in [6.07, 6.45) is 2.90. The quantitative estimate of drug-likeness (QED) is 0.595. The zero-order valence-corrected chi connectivity index (χ0v) is 9.85. The van der Waals surface area contributed by atoms with E-state index in [4.69, 9.17) is 22.7 Å². The molecule has 0 amide bonds. The molecule has 3 heteroatoms. The number of benzene rings is 1.